The molecule has 1 N–H and O–H groups in total. The van der Waals surface area contributed by atoms with Gasteiger partial charge >= 0.3 is 0 Å². The summed E-state index contributed by atoms with van der Waals surface area (Å²) < 4.78 is 16.0. The summed E-state index contributed by atoms with van der Waals surface area (Å²) in [5, 5.41) is 2.28. The van der Waals surface area contributed by atoms with Gasteiger partial charge in [-0.25, -0.2) is 0 Å². The molecule has 2 aromatic carbocycles. The van der Waals surface area contributed by atoms with Crippen LogP contribution < -0.4 is 19.5 Å². The van der Waals surface area contributed by atoms with Crippen molar-refractivity contribution in [3.05, 3.63) is 58.5 Å². The summed E-state index contributed by atoms with van der Waals surface area (Å²) in [7, 11) is 0. The summed E-state index contributed by atoms with van der Waals surface area (Å²) in [4.78, 5) is 38.2. The van der Waals surface area contributed by atoms with Crippen molar-refractivity contribution in [1.29, 1.82) is 0 Å². The van der Waals surface area contributed by atoms with Gasteiger partial charge in [-0.1, -0.05) is 23.8 Å². The lowest BCUT2D eigenvalue weighted by atomic mass is 10.2. The Kier molecular flexibility index (Phi) is 6.13. The van der Waals surface area contributed by atoms with Gasteiger partial charge in [-0.05, 0) is 54.6 Å². The fourth-order valence-corrected chi connectivity index (χ4v) is 3.85. The van der Waals surface area contributed by atoms with Crippen molar-refractivity contribution in [2.24, 2.45) is 0 Å². The standard InChI is InChI=1S/C22H20N2O6S/c1-14-2-5-16(6-3-14)28-12-20(25)23-8-9-24-21(26)19(31-22(24)27)11-15-4-7-17-18(10-15)30-13-29-17/h2-7,10-11H,8-9,12-13H2,1H3,(H,23,25)/b19-11-. The maximum Gasteiger partial charge on any atom is 0.293 e. The first kappa shape index (κ1) is 20.8. The minimum atomic E-state index is -0.391. The average molecular weight is 440 g/mol. The van der Waals surface area contributed by atoms with Crippen LogP contribution in [0.1, 0.15) is 11.1 Å². The number of carbonyl (C=O) groups excluding carboxylic acids is 3. The molecule has 2 aliphatic rings. The van der Waals surface area contributed by atoms with Gasteiger partial charge in [0.2, 0.25) is 6.79 Å². The molecule has 1 fully saturated rings. The van der Waals surface area contributed by atoms with E-state index in [-0.39, 0.29) is 37.6 Å². The first-order valence-electron chi connectivity index (χ1n) is 9.61. The molecule has 2 aliphatic heterocycles. The van der Waals surface area contributed by atoms with Crippen LogP contribution in [0.4, 0.5) is 4.79 Å². The zero-order valence-electron chi connectivity index (χ0n) is 16.8. The SMILES string of the molecule is Cc1ccc(OCC(=O)NCCN2C(=O)S/C(=C\c3ccc4c(c3)OCO4)C2=O)cc1. The van der Waals surface area contributed by atoms with Gasteiger partial charge in [0, 0.05) is 13.1 Å². The zero-order valence-corrected chi connectivity index (χ0v) is 17.6. The van der Waals surface area contributed by atoms with E-state index in [4.69, 9.17) is 14.2 Å². The van der Waals surface area contributed by atoms with Crippen molar-refractivity contribution >= 4 is 34.9 Å². The van der Waals surface area contributed by atoms with Gasteiger partial charge in [0.05, 0.1) is 4.91 Å². The van der Waals surface area contributed by atoms with Gasteiger partial charge in [0.15, 0.2) is 18.1 Å². The van der Waals surface area contributed by atoms with Gasteiger partial charge in [-0.15, -0.1) is 0 Å². The number of nitrogens with one attached hydrogen (secondary N) is 1. The van der Waals surface area contributed by atoms with Gasteiger partial charge < -0.3 is 19.5 Å². The highest BCUT2D eigenvalue weighted by atomic mass is 32.2. The third-order valence-corrected chi connectivity index (χ3v) is 5.52. The number of nitrogens with zero attached hydrogens (tertiary/aromatic N) is 1. The number of rotatable bonds is 7. The van der Waals surface area contributed by atoms with E-state index in [2.05, 4.69) is 5.32 Å². The van der Waals surface area contributed by atoms with Gasteiger partial charge in [0.25, 0.3) is 17.1 Å². The van der Waals surface area contributed by atoms with Crippen molar-refractivity contribution in [3.63, 3.8) is 0 Å². The monoisotopic (exact) mass is 440 g/mol. The first-order valence-corrected chi connectivity index (χ1v) is 10.4. The Morgan fingerprint density at radius 2 is 1.94 bits per heavy atom. The highest BCUT2D eigenvalue weighted by Gasteiger charge is 2.34. The molecule has 0 spiro atoms. The second kappa shape index (κ2) is 9.13. The summed E-state index contributed by atoms with van der Waals surface area (Å²) in [6.45, 7) is 2.21. The normalized spacial score (nSPS) is 16.2. The molecule has 1 saturated heterocycles. The van der Waals surface area contributed by atoms with Crippen molar-refractivity contribution in [1.82, 2.24) is 10.2 Å². The van der Waals surface area contributed by atoms with E-state index in [1.807, 2.05) is 19.1 Å². The number of hydrogen-bond acceptors (Lipinski definition) is 7. The quantitative estimate of drug-likeness (QED) is 0.662. The molecule has 31 heavy (non-hydrogen) atoms. The fourth-order valence-electron chi connectivity index (χ4n) is 2.99. The van der Waals surface area contributed by atoms with Crippen LogP contribution in [0.2, 0.25) is 0 Å². The number of fused-ring (bicyclic) bond motifs is 1. The highest BCUT2D eigenvalue weighted by Crippen LogP contribution is 2.36. The average Bonchev–Trinajstić information content (AvgIpc) is 3.32. The number of benzene rings is 2. The van der Waals surface area contributed by atoms with Crippen LogP contribution >= 0.6 is 11.8 Å². The molecule has 8 nitrogen and oxygen atoms in total. The Hall–Kier alpha value is -3.46. The van der Waals surface area contributed by atoms with E-state index in [0.29, 0.717) is 22.2 Å². The van der Waals surface area contributed by atoms with Crippen LogP contribution in [0.15, 0.2) is 47.4 Å². The predicted octanol–water partition coefficient (Wildman–Crippen LogP) is 2.96. The number of amides is 3. The molecule has 0 radical (unpaired) electrons. The van der Waals surface area contributed by atoms with E-state index in [9.17, 15) is 14.4 Å². The largest absolute Gasteiger partial charge is 0.484 e. The molecule has 0 atom stereocenters. The maximum atomic E-state index is 12.6. The van der Waals surface area contributed by atoms with E-state index in [1.54, 1.807) is 36.4 Å². The molecule has 0 unspecified atom stereocenters. The lowest BCUT2D eigenvalue weighted by Gasteiger charge is -2.13. The van der Waals surface area contributed by atoms with E-state index in [0.717, 1.165) is 27.8 Å². The second-order valence-corrected chi connectivity index (χ2v) is 7.89. The Morgan fingerprint density at radius 1 is 1.16 bits per heavy atom. The summed E-state index contributed by atoms with van der Waals surface area (Å²) in [6.07, 6.45) is 1.64. The molecule has 0 aromatic heterocycles. The van der Waals surface area contributed by atoms with E-state index < -0.39 is 5.91 Å². The molecule has 0 aliphatic carbocycles. The molecule has 2 heterocycles. The number of hydrogen-bond donors (Lipinski definition) is 1. The molecule has 160 valence electrons. The third-order valence-electron chi connectivity index (χ3n) is 4.62. The lowest BCUT2D eigenvalue weighted by Crippen LogP contribution is -2.38. The molecule has 0 bridgehead atoms. The third kappa shape index (κ3) is 5.00. The number of imide groups is 1. The van der Waals surface area contributed by atoms with Gasteiger partial charge in [-0.2, -0.15) is 0 Å². The van der Waals surface area contributed by atoms with Crippen LogP contribution in [0.3, 0.4) is 0 Å². The van der Waals surface area contributed by atoms with Gasteiger partial charge in [0.1, 0.15) is 5.75 Å². The Balaban J connectivity index is 1.27. The minimum absolute atomic E-state index is 0.0828. The van der Waals surface area contributed by atoms with Crippen molar-refractivity contribution in [3.8, 4) is 17.2 Å². The summed E-state index contributed by atoms with van der Waals surface area (Å²) in [6, 6.07) is 12.7. The van der Waals surface area contributed by atoms with E-state index >= 15 is 0 Å². The van der Waals surface area contributed by atoms with Crippen LogP contribution in [-0.2, 0) is 9.59 Å². The highest BCUT2D eigenvalue weighted by molar-refractivity contribution is 8.18. The van der Waals surface area contributed by atoms with Crippen molar-refractivity contribution in [2.75, 3.05) is 26.5 Å². The summed E-state index contributed by atoms with van der Waals surface area (Å²) in [5.41, 5.74) is 1.83. The molecule has 3 amide bonds. The molecule has 2 aromatic rings. The Bertz CT molecular complexity index is 1050. The second-order valence-electron chi connectivity index (χ2n) is 6.90. The van der Waals surface area contributed by atoms with Crippen molar-refractivity contribution in [2.45, 2.75) is 6.92 Å². The van der Waals surface area contributed by atoms with Crippen molar-refractivity contribution < 1.29 is 28.6 Å². The first-order chi connectivity index (χ1) is 15.0. The van der Waals surface area contributed by atoms with Crippen LogP contribution in [0.5, 0.6) is 17.2 Å². The fraction of sp³-hybridized carbons (Fsp3) is 0.227. The van der Waals surface area contributed by atoms with Crippen LogP contribution in [0, 0.1) is 6.92 Å². The maximum absolute atomic E-state index is 12.6. The van der Waals surface area contributed by atoms with Crippen LogP contribution in [0.25, 0.3) is 6.08 Å². The molecular formula is C22H20N2O6S. The number of thioether (sulfide) groups is 1. The predicted molar refractivity (Wildman–Crippen MR) is 115 cm³/mol. The molecule has 4 rings (SSSR count). The number of aryl methyl sites for hydroxylation is 1. The van der Waals surface area contributed by atoms with Gasteiger partial charge in [-0.3, -0.25) is 19.3 Å². The Morgan fingerprint density at radius 3 is 2.74 bits per heavy atom. The smallest absolute Gasteiger partial charge is 0.293 e. The molecule has 0 saturated carbocycles. The van der Waals surface area contributed by atoms with E-state index in [1.165, 1.54) is 0 Å². The lowest BCUT2D eigenvalue weighted by molar-refractivity contribution is -0.125. The Labute approximate surface area is 183 Å². The number of ether oxygens (including phenoxy) is 3. The summed E-state index contributed by atoms with van der Waals surface area (Å²) in [5.74, 6) is 1.12. The number of carbonyl (C=O) groups is 3. The minimum Gasteiger partial charge on any atom is -0.484 e. The topological polar surface area (TPSA) is 94.2 Å². The zero-order chi connectivity index (χ0) is 21.8. The molecule has 9 heteroatoms. The van der Waals surface area contributed by atoms with Crippen LogP contribution in [-0.4, -0.2) is 48.4 Å². The summed E-state index contributed by atoms with van der Waals surface area (Å²) >= 11 is 0.866. The molecular weight excluding hydrogens is 420 g/mol.